The molecule has 0 radical (unpaired) electrons. The fraction of sp³-hybridized carbons (Fsp3) is 0.0714. The van der Waals surface area contributed by atoms with E-state index in [0.717, 1.165) is 21.1 Å². The number of rotatable bonds is 1. The molecule has 0 amide bonds. The standard InChI is InChI=1S/C14H10BrNO/c1-9-5-7-10(8-6-9)14-16-12-4-2-3-11(15)13(12)17-14/h2-8H,1H3. The van der Waals surface area contributed by atoms with Crippen LogP contribution in [0.4, 0.5) is 0 Å². The van der Waals surface area contributed by atoms with Gasteiger partial charge in [0.05, 0.1) is 4.47 Å². The summed E-state index contributed by atoms with van der Waals surface area (Å²) in [5.74, 6) is 0.659. The molecule has 0 atom stereocenters. The lowest BCUT2D eigenvalue weighted by atomic mass is 10.1. The van der Waals surface area contributed by atoms with Crippen LogP contribution < -0.4 is 0 Å². The summed E-state index contributed by atoms with van der Waals surface area (Å²) in [6.45, 7) is 2.06. The Bertz CT molecular complexity index is 670. The maximum absolute atomic E-state index is 5.77. The second kappa shape index (κ2) is 4.00. The molecule has 3 rings (SSSR count). The van der Waals surface area contributed by atoms with Gasteiger partial charge in [-0.2, -0.15) is 0 Å². The number of aryl methyl sites for hydroxylation is 1. The zero-order chi connectivity index (χ0) is 11.8. The maximum Gasteiger partial charge on any atom is 0.227 e. The molecule has 2 nitrogen and oxygen atoms in total. The van der Waals surface area contributed by atoms with E-state index in [1.54, 1.807) is 0 Å². The number of hydrogen-bond donors (Lipinski definition) is 0. The van der Waals surface area contributed by atoms with Crippen LogP contribution in [0.25, 0.3) is 22.6 Å². The first-order chi connectivity index (χ1) is 8.24. The highest BCUT2D eigenvalue weighted by molar-refractivity contribution is 9.10. The molecule has 84 valence electrons. The van der Waals surface area contributed by atoms with E-state index < -0.39 is 0 Å². The average Bonchev–Trinajstić information content (AvgIpc) is 2.75. The minimum Gasteiger partial charge on any atom is -0.435 e. The number of para-hydroxylation sites is 1. The van der Waals surface area contributed by atoms with Crippen molar-refractivity contribution in [3.8, 4) is 11.5 Å². The molecule has 17 heavy (non-hydrogen) atoms. The van der Waals surface area contributed by atoms with Crippen LogP contribution >= 0.6 is 15.9 Å². The van der Waals surface area contributed by atoms with E-state index in [-0.39, 0.29) is 0 Å². The fourth-order valence-electron chi connectivity index (χ4n) is 1.74. The van der Waals surface area contributed by atoms with Crippen LogP contribution in [-0.4, -0.2) is 4.98 Å². The molecule has 0 spiro atoms. The Morgan fingerprint density at radius 1 is 1.06 bits per heavy atom. The zero-order valence-electron chi connectivity index (χ0n) is 9.27. The van der Waals surface area contributed by atoms with Crippen molar-refractivity contribution in [3.05, 3.63) is 52.5 Å². The van der Waals surface area contributed by atoms with Gasteiger partial charge in [-0.15, -0.1) is 0 Å². The quantitative estimate of drug-likeness (QED) is 0.655. The van der Waals surface area contributed by atoms with Gasteiger partial charge in [0.25, 0.3) is 0 Å². The third kappa shape index (κ3) is 1.87. The first-order valence-corrected chi connectivity index (χ1v) is 6.15. The second-order valence-corrected chi connectivity index (χ2v) is 4.83. The van der Waals surface area contributed by atoms with Gasteiger partial charge in [0.1, 0.15) is 5.52 Å². The van der Waals surface area contributed by atoms with Gasteiger partial charge in [0.15, 0.2) is 5.58 Å². The molecule has 0 unspecified atom stereocenters. The van der Waals surface area contributed by atoms with E-state index >= 15 is 0 Å². The van der Waals surface area contributed by atoms with Gasteiger partial charge >= 0.3 is 0 Å². The van der Waals surface area contributed by atoms with E-state index in [0.29, 0.717) is 5.89 Å². The number of benzene rings is 2. The predicted molar refractivity (Wildman–Crippen MR) is 71.9 cm³/mol. The number of aromatic nitrogens is 1. The normalized spacial score (nSPS) is 10.9. The van der Waals surface area contributed by atoms with Crippen molar-refractivity contribution in [1.29, 1.82) is 0 Å². The lowest BCUT2D eigenvalue weighted by Gasteiger charge is -1.95. The number of fused-ring (bicyclic) bond motifs is 1. The van der Waals surface area contributed by atoms with E-state index in [1.807, 2.05) is 30.3 Å². The predicted octanol–water partition coefficient (Wildman–Crippen LogP) is 4.57. The van der Waals surface area contributed by atoms with Crippen molar-refractivity contribution in [1.82, 2.24) is 4.98 Å². The molecule has 0 aliphatic rings. The highest BCUT2D eigenvalue weighted by Gasteiger charge is 2.09. The Hall–Kier alpha value is -1.61. The lowest BCUT2D eigenvalue weighted by Crippen LogP contribution is -1.77. The molecule has 0 aliphatic heterocycles. The van der Waals surface area contributed by atoms with Gasteiger partial charge in [-0.3, -0.25) is 0 Å². The summed E-state index contributed by atoms with van der Waals surface area (Å²) in [5.41, 5.74) is 3.89. The van der Waals surface area contributed by atoms with Gasteiger partial charge in [-0.1, -0.05) is 23.8 Å². The molecular weight excluding hydrogens is 278 g/mol. The summed E-state index contributed by atoms with van der Waals surface area (Å²) in [6.07, 6.45) is 0. The van der Waals surface area contributed by atoms with Gasteiger partial charge in [0, 0.05) is 5.56 Å². The average molecular weight is 288 g/mol. The molecule has 2 aromatic carbocycles. The Labute approximate surface area is 107 Å². The summed E-state index contributed by atoms with van der Waals surface area (Å²) in [7, 11) is 0. The van der Waals surface area contributed by atoms with Crippen molar-refractivity contribution in [2.75, 3.05) is 0 Å². The molecule has 0 saturated carbocycles. The Morgan fingerprint density at radius 3 is 2.53 bits per heavy atom. The summed E-state index contributed by atoms with van der Waals surface area (Å²) < 4.78 is 6.70. The van der Waals surface area contributed by atoms with E-state index in [2.05, 4.69) is 40.0 Å². The SMILES string of the molecule is Cc1ccc(-c2nc3cccc(Br)c3o2)cc1. The number of halogens is 1. The summed E-state index contributed by atoms with van der Waals surface area (Å²) >= 11 is 3.46. The van der Waals surface area contributed by atoms with Crippen LogP contribution in [0, 0.1) is 6.92 Å². The van der Waals surface area contributed by atoms with Crippen LogP contribution in [0.1, 0.15) is 5.56 Å². The number of oxazole rings is 1. The Kier molecular flexibility index (Phi) is 2.48. The monoisotopic (exact) mass is 287 g/mol. The van der Waals surface area contributed by atoms with E-state index in [9.17, 15) is 0 Å². The van der Waals surface area contributed by atoms with Gasteiger partial charge < -0.3 is 4.42 Å². The summed E-state index contributed by atoms with van der Waals surface area (Å²) in [5, 5.41) is 0. The van der Waals surface area contributed by atoms with Crippen LogP contribution in [0.5, 0.6) is 0 Å². The molecule has 1 aromatic heterocycles. The van der Waals surface area contributed by atoms with Crippen molar-refractivity contribution >= 4 is 27.0 Å². The second-order valence-electron chi connectivity index (χ2n) is 3.97. The summed E-state index contributed by atoms with van der Waals surface area (Å²) in [6, 6.07) is 14.0. The largest absolute Gasteiger partial charge is 0.435 e. The van der Waals surface area contributed by atoms with Crippen molar-refractivity contribution in [3.63, 3.8) is 0 Å². The van der Waals surface area contributed by atoms with Gasteiger partial charge in [-0.25, -0.2) is 4.98 Å². The number of nitrogens with zero attached hydrogens (tertiary/aromatic N) is 1. The zero-order valence-corrected chi connectivity index (χ0v) is 10.9. The number of hydrogen-bond acceptors (Lipinski definition) is 2. The minimum atomic E-state index is 0.659. The van der Waals surface area contributed by atoms with Gasteiger partial charge in [0.2, 0.25) is 5.89 Å². The smallest absolute Gasteiger partial charge is 0.227 e. The first-order valence-electron chi connectivity index (χ1n) is 5.36. The molecule has 0 bridgehead atoms. The minimum absolute atomic E-state index is 0.659. The third-order valence-corrected chi connectivity index (χ3v) is 3.29. The van der Waals surface area contributed by atoms with Crippen molar-refractivity contribution < 1.29 is 4.42 Å². The highest BCUT2D eigenvalue weighted by atomic mass is 79.9. The van der Waals surface area contributed by atoms with Crippen LogP contribution in [0.15, 0.2) is 51.4 Å². The molecule has 3 aromatic rings. The fourth-order valence-corrected chi connectivity index (χ4v) is 2.17. The Balaban J connectivity index is 2.18. The Morgan fingerprint density at radius 2 is 1.82 bits per heavy atom. The molecule has 1 heterocycles. The van der Waals surface area contributed by atoms with Crippen molar-refractivity contribution in [2.45, 2.75) is 6.92 Å². The maximum atomic E-state index is 5.77. The third-order valence-electron chi connectivity index (χ3n) is 2.67. The van der Waals surface area contributed by atoms with Crippen LogP contribution in [0.2, 0.25) is 0 Å². The molecule has 0 N–H and O–H groups in total. The molecular formula is C14H10BrNO. The molecule has 0 aliphatic carbocycles. The van der Waals surface area contributed by atoms with E-state index in [4.69, 9.17) is 4.42 Å². The van der Waals surface area contributed by atoms with Crippen molar-refractivity contribution in [2.24, 2.45) is 0 Å². The van der Waals surface area contributed by atoms with Crippen LogP contribution in [0.3, 0.4) is 0 Å². The highest BCUT2D eigenvalue weighted by Crippen LogP contribution is 2.29. The van der Waals surface area contributed by atoms with Gasteiger partial charge in [-0.05, 0) is 47.1 Å². The summed E-state index contributed by atoms with van der Waals surface area (Å²) in [4.78, 5) is 4.48. The lowest BCUT2D eigenvalue weighted by molar-refractivity contribution is 0.618. The molecule has 3 heteroatoms. The topological polar surface area (TPSA) is 26.0 Å². The first kappa shape index (κ1) is 10.5. The molecule has 0 fully saturated rings. The molecule has 0 saturated heterocycles. The van der Waals surface area contributed by atoms with E-state index in [1.165, 1.54) is 5.56 Å². The van der Waals surface area contributed by atoms with Crippen LogP contribution in [-0.2, 0) is 0 Å².